The fourth-order valence-corrected chi connectivity index (χ4v) is 3.31. The van der Waals surface area contributed by atoms with Gasteiger partial charge in [0.05, 0.1) is 4.90 Å². The van der Waals surface area contributed by atoms with Crippen molar-refractivity contribution < 1.29 is 17.9 Å². The second-order valence-electron chi connectivity index (χ2n) is 7.21. The predicted molar refractivity (Wildman–Crippen MR) is 94.0 cm³/mol. The molecule has 0 aromatic heterocycles. The number of ether oxygens (including phenoxy) is 1. The lowest BCUT2D eigenvalue weighted by molar-refractivity contribution is 0.0206. The zero-order valence-electron chi connectivity index (χ0n) is 14.7. The second kappa shape index (κ2) is 7.01. The summed E-state index contributed by atoms with van der Waals surface area (Å²) in [4.78, 5) is 14.2. The molecule has 1 fully saturated rings. The number of amides is 1. The lowest BCUT2D eigenvalue weighted by Crippen LogP contribution is -2.46. The molecule has 1 aromatic carbocycles. The molecule has 0 aliphatic carbocycles. The summed E-state index contributed by atoms with van der Waals surface area (Å²) in [6.45, 7) is 6.76. The van der Waals surface area contributed by atoms with Gasteiger partial charge in [-0.2, -0.15) is 0 Å². The van der Waals surface area contributed by atoms with Gasteiger partial charge in [-0.25, -0.2) is 13.2 Å². The van der Waals surface area contributed by atoms with Crippen molar-refractivity contribution >= 4 is 21.6 Å². The van der Waals surface area contributed by atoms with Gasteiger partial charge in [-0.15, -0.1) is 0 Å². The van der Waals surface area contributed by atoms with E-state index in [4.69, 9.17) is 4.74 Å². The molecule has 1 heterocycles. The number of carbonyl (C=O) groups excluding carboxylic acids is 1. The average Bonchev–Trinajstić information content (AvgIpc) is 2.45. The van der Waals surface area contributed by atoms with E-state index < -0.39 is 15.4 Å². The first kappa shape index (κ1) is 18.6. The van der Waals surface area contributed by atoms with Crippen LogP contribution in [0.25, 0.3) is 0 Å². The van der Waals surface area contributed by atoms with E-state index >= 15 is 0 Å². The molecule has 2 rings (SSSR count). The van der Waals surface area contributed by atoms with Gasteiger partial charge < -0.3 is 15.0 Å². The van der Waals surface area contributed by atoms with Gasteiger partial charge in [-0.05, 0) is 51.8 Å². The highest BCUT2D eigenvalue weighted by Crippen LogP contribution is 2.20. The molecule has 0 bridgehead atoms. The summed E-state index contributed by atoms with van der Waals surface area (Å²) in [7, 11) is -3.24. The predicted octanol–water partition coefficient (Wildman–Crippen LogP) is 2.90. The molecule has 24 heavy (non-hydrogen) atoms. The number of hydrogen-bond acceptors (Lipinski definition) is 5. The number of hydrogen-bond donors (Lipinski definition) is 1. The molecule has 1 unspecified atom stereocenters. The van der Waals surface area contributed by atoms with Crippen LogP contribution in [0, 0.1) is 0 Å². The van der Waals surface area contributed by atoms with Crippen LogP contribution in [0.15, 0.2) is 29.2 Å². The summed E-state index contributed by atoms with van der Waals surface area (Å²) in [6.07, 6.45) is 2.68. The van der Waals surface area contributed by atoms with Crippen LogP contribution in [0.5, 0.6) is 0 Å². The summed E-state index contributed by atoms with van der Waals surface area (Å²) in [5.41, 5.74) is 0.232. The minimum Gasteiger partial charge on any atom is -0.444 e. The lowest BCUT2D eigenvalue weighted by atomic mass is 10.1. The Morgan fingerprint density at radius 2 is 2.04 bits per heavy atom. The van der Waals surface area contributed by atoms with Crippen molar-refractivity contribution in [2.75, 3.05) is 24.7 Å². The Hall–Kier alpha value is -1.76. The minimum absolute atomic E-state index is 0.0704. The highest BCUT2D eigenvalue weighted by molar-refractivity contribution is 7.90. The fourth-order valence-electron chi connectivity index (χ4n) is 2.64. The van der Waals surface area contributed by atoms with Crippen LogP contribution in [0.2, 0.25) is 0 Å². The van der Waals surface area contributed by atoms with E-state index in [0.717, 1.165) is 18.5 Å². The van der Waals surface area contributed by atoms with Crippen molar-refractivity contribution in [2.45, 2.75) is 50.2 Å². The quantitative estimate of drug-likeness (QED) is 0.903. The van der Waals surface area contributed by atoms with Gasteiger partial charge in [0.15, 0.2) is 9.84 Å². The molecule has 1 amide bonds. The van der Waals surface area contributed by atoms with Crippen LogP contribution in [0.4, 0.5) is 10.5 Å². The number of likely N-dealkylation sites (tertiary alicyclic amines) is 1. The summed E-state index contributed by atoms with van der Waals surface area (Å²) in [6, 6.07) is 6.82. The molecule has 6 nitrogen and oxygen atoms in total. The van der Waals surface area contributed by atoms with Crippen molar-refractivity contribution in [3.63, 3.8) is 0 Å². The summed E-state index contributed by atoms with van der Waals surface area (Å²) in [5.74, 6) is 0. The van der Waals surface area contributed by atoms with E-state index in [1.807, 2.05) is 26.8 Å². The summed E-state index contributed by atoms with van der Waals surface area (Å²) >= 11 is 0. The van der Waals surface area contributed by atoms with Crippen LogP contribution in [0.3, 0.4) is 0 Å². The van der Waals surface area contributed by atoms with E-state index in [0.29, 0.717) is 13.1 Å². The van der Waals surface area contributed by atoms with Crippen molar-refractivity contribution in [1.82, 2.24) is 4.90 Å². The van der Waals surface area contributed by atoms with Gasteiger partial charge in [0.25, 0.3) is 0 Å². The number of anilines is 1. The molecule has 0 radical (unpaired) electrons. The maximum atomic E-state index is 12.2. The van der Waals surface area contributed by atoms with Gasteiger partial charge in [-0.1, -0.05) is 6.07 Å². The first-order chi connectivity index (χ1) is 11.0. The Bertz CT molecular complexity index is 695. The number of sulfone groups is 1. The lowest BCUT2D eigenvalue weighted by Gasteiger charge is -2.34. The Labute approximate surface area is 144 Å². The molecule has 1 saturated heterocycles. The number of nitrogens with zero attached hydrogens (tertiary/aromatic N) is 1. The van der Waals surface area contributed by atoms with Gasteiger partial charge in [-0.3, -0.25) is 0 Å². The fraction of sp³-hybridized carbons (Fsp3) is 0.588. The number of carbonyl (C=O) groups is 1. The van der Waals surface area contributed by atoms with Crippen LogP contribution in [-0.2, 0) is 14.6 Å². The molecule has 1 atom stereocenters. The number of nitrogens with one attached hydrogen (secondary N) is 1. The first-order valence-electron chi connectivity index (χ1n) is 8.09. The molecule has 134 valence electrons. The molecular formula is C17H26N2O4S. The van der Waals surface area contributed by atoms with Gasteiger partial charge in [0.1, 0.15) is 5.60 Å². The standard InChI is InChI=1S/C17H26N2O4S/c1-17(2,3)23-16(20)19-10-6-8-14(12-19)18-13-7-5-9-15(11-13)24(4,21)22/h5,7,9,11,14,18H,6,8,10,12H2,1-4H3. The molecule has 1 aliphatic heterocycles. The Morgan fingerprint density at radius 3 is 2.67 bits per heavy atom. The Balaban J connectivity index is 2.02. The van der Waals surface area contributed by atoms with Crippen molar-refractivity contribution in [1.29, 1.82) is 0 Å². The van der Waals surface area contributed by atoms with Crippen molar-refractivity contribution in [3.05, 3.63) is 24.3 Å². The largest absolute Gasteiger partial charge is 0.444 e. The zero-order chi connectivity index (χ0) is 18.0. The number of piperidine rings is 1. The molecular weight excluding hydrogens is 328 g/mol. The van der Waals surface area contributed by atoms with Gasteiger partial charge in [0, 0.05) is 31.1 Å². The van der Waals surface area contributed by atoms with Crippen LogP contribution in [0.1, 0.15) is 33.6 Å². The molecule has 0 spiro atoms. The third kappa shape index (κ3) is 5.40. The molecule has 1 aromatic rings. The first-order valence-corrected chi connectivity index (χ1v) is 9.98. The molecule has 1 N–H and O–H groups in total. The van der Waals surface area contributed by atoms with E-state index in [2.05, 4.69) is 5.32 Å². The highest BCUT2D eigenvalue weighted by Gasteiger charge is 2.27. The van der Waals surface area contributed by atoms with Crippen LogP contribution < -0.4 is 5.32 Å². The minimum atomic E-state index is -3.24. The SMILES string of the molecule is CC(C)(C)OC(=O)N1CCCC(Nc2cccc(S(C)(=O)=O)c2)C1. The smallest absolute Gasteiger partial charge is 0.410 e. The average molecular weight is 354 g/mol. The Morgan fingerprint density at radius 1 is 1.33 bits per heavy atom. The monoisotopic (exact) mass is 354 g/mol. The third-order valence-corrected chi connectivity index (χ3v) is 4.82. The summed E-state index contributed by atoms with van der Waals surface area (Å²) in [5, 5.41) is 3.33. The highest BCUT2D eigenvalue weighted by atomic mass is 32.2. The summed E-state index contributed by atoms with van der Waals surface area (Å²) < 4.78 is 28.7. The van der Waals surface area contributed by atoms with E-state index in [1.54, 1.807) is 23.1 Å². The van der Waals surface area contributed by atoms with Gasteiger partial charge >= 0.3 is 6.09 Å². The topological polar surface area (TPSA) is 75.7 Å². The van der Waals surface area contributed by atoms with Crippen molar-refractivity contribution in [2.24, 2.45) is 0 Å². The van der Waals surface area contributed by atoms with Crippen LogP contribution in [-0.4, -0.2) is 50.4 Å². The Kier molecular flexibility index (Phi) is 5.42. The maximum absolute atomic E-state index is 12.2. The van der Waals surface area contributed by atoms with E-state index in [9.17, 15) is 13.2 Å². The second-order valence-corrected chi connectivity index (χ2v) is 9.23. The maximum Gasteiger partial charge on any atom is 0.410 e. The number of benzene rings is 1. The molecule has 7 heteroatoms. The third-order valence-electron chi connectivity index (χ3n) is 3.71. The van der Waals surface area contributed by atoms with E-state index in [1.165, 1.54) is 6.26 Å². The van der Waals surface area contributed by atoms with Crippen LogP contribution >= 0.6 is 0 Å². The zero-order valence-corrected chi connectivity index (χ0v) is 15.5. The van der Waals surface area contributed by atoms with Gasteiger partial charge in [0.2, 0.25) is 0 Å². The number of rotatable bonds is 3. The molecule has 1 aliphatic rings. The van der Waals surface area contributed by atoms with Crippen molar-refractivity contribution in [3.8, 4) is 0 Å². The van der Waals surface area contributed by atoms with E-state index in [-0.39, 0.29) is 17.0 Å². The normalized spacial score (nSPS) is 19.0. The molecule has 0 saturated carbocycles.